The minimum Gasteiger partial charge on any atom is -0.508 e. The largest absolute Gasteiger partial charge is 0.508 e. The van der Waals surface area contributed by atoms with E-state index in [4.69, 9.17) is 5.84 Å². The lowest BCUT2D eigenvalue weighted by atomic mass is 10.2. The van der Waals surface area contributed by atoms with E-state index in [1.165, 1.54) is 17.6 Å². The smallest absolute Gasteiger partial charge is 0.255 e. The second kappa shape index (κ2) is 7.26. The first-order valence-corrected chi connectivity index (χ1v) is 6.77. The predicted octanol–water partition coefficient (Wildman–Crippen LogP) is 1.35. The van der Waals surface area contributed by atoms with Crippen molar-refractivity contribution >= 4 is 17.3 Å². The van der Waals surface area contributed by atoms with Gasteiger partial charge in [-0.1, -0.05) is 0 Å². The van der Waals surface area contributed by atoms with E-state index in [0.717, 1.165) is 11.4 Å². The third-order valence-electron chi connectivity index (χ3n) is 3.00. The van der Waals surface area contributed by atoms with Crippen molar-refractivity contribution < 1.29 is 15.3 Å². The molecule has 0 spiro atoms. The topological polar surface area (TPSA) is 104 Å². The van der Waals surface area contributed by atoms with Gasteiger partial charge in [-0.3, -0.25) is 4.79 Å². The summed E-state index contributed by atoms with van der Waals surface area (Å²) >= 11 is 0. The van der Waals surface area contributed by atoms with Crippen LogP contribution in [0.3, 0.4) is 0 Å². The molecule has 0 aliphatic carbocycles. The van der Waals surface area contributed by atoms with Gasteiger partial charge in [0.05, 0.1) is 6.20 Å². The maximum absolute atomic E-state index is 12.0. The number of phenols is 1. The third-order valence-corrected chi connectivity index (χ3v) is 3.00. The van der Waals surface area contributed by atoms with Crippen LogP contribution in [0.1, 0.15) is 17.3 Å². The molecule has 22 heavy (non-hydrogen) atoms. The summed E-state index contributed by atoms with van der Waals surface area (Å²) in [5.41, 5.74) is 4.50. The highest BCUT2D eigenvalue weighted by molar-refractivity contribution is 6.04. The Morgan fingerprint density at radius 3 is 2.27 bits per heavy atom. The Morgan fingerprint density at radius 1 is 1.09 bits per heavy atom. The number of anilines is 2. The Balaban J connectivity index is 1.99. The number of nitrogens with one attached hydrogen (secondary N) is 2. The van der Waals surface area contributed by atoms with Gasteiger partial charge in [-0.05, 0) is 48.5 Å². The molecule has 0 saturated carbocycles. The lowest BCUT2D eigenvalue weighted by Crippen LogP contribution is -2.88. The average molecular weight is 299 g/mol. The molecule has 2 rings (SSSR count). The molecule has 6 nitrogen and oxygen atoms in total. The lowest BCUT2D eigenvalue weighted by Gasteiger charge is -2.07. The van der Waals surface area contributed by atoms with Gasteiger partial charge in [0.25, 0.3) is 5.91 Å². The van der Waals surface area contributed by atoms with Gasteiger partial charge in [0.2, 0.25) is 0 Å². The van der Waals surface area contributed by atoms with Crippen molar-refractivity contribution in [1.82, 2.24) is 0 Å². The van der Waals surface area contributed by atoms with Crippen LogP contribution in [-0.4, -0.2) is 11.0 Å². The first-order chi connectivity index (χ1) is 10.6. The van der Waals surface area contributed by atoms with Gasteiger partial charge in [-0.15, -0.1) is 0 Å². The number of carbonyl (C=O) groups excluding carboxylic acids is 1. The summed E-state index contributed by atoms with van der Waals surface area (Å²) in [7, 11) is 0. The minimum absolute atomic E-state index is 0.130. The summed E-state index contributed by atoms with van der Waals surface area (Å²) in [6.07, 6.45) is 1.80. The standard InChI is InChI=1S/C16H18N4O2/c1-11(20-17)10-18-13-4-6-14(7-5-13)19-16(22)12-2-8-15(21)9-3-12/h2-10,18,20-21H,17H2,1H3,(H,19,22)/p+1/b11-10-. The van der Waals surface area contributed by atoms with Gasteiger partial charge in [-0.2, -0.15) is 5.84 Å². The molecule has 0 bridgehead atoms. The van der Waals surface area contributed by atoms with Crippen molar-refractivity contribution in [3.05, 3.63) is 66.0 Å². The highest BCUT2D eigenvalue weighted by Gasteiger charge is 2.05. The molecule has 0 aliphatic heterocycles. The molecule has 0 aliphatic rings. The van der Waals surface area contributed by atoms with Crippen LogP contribution in [0.15, 0.2) is 60.4 Å². The number of aromatic hydroxyl groups is 1. The van der Waals surface area contributed by atoms with E-state index in [2.05, 4.69) is 10.6 Å². The molecule has 6 heteroatoms. The number of allylic oxidation sites excluding steroid dienone is 1. The van der Waals surface area contributed by atoms with Crippen LogP contribution in [0.25, 0.3) is 0 Å². The number of carbonyl (C=O) groups is 1. The maximum atomic E-state index is 12.0. The van der Waals surface area contributed by atoms with Crippen LogP contribution in [-0.2, 0) is 0 Å². The zero-order valence-corrected chi connectivity index (χ0v) is 12.2. The number of benzene rings is 2. The number of nitrogens with two attached hydrogens (primary N) is 2. The molecule has 2 aromatic carbocycles. The number of amides is 1. The van der Waals surface area contributed by atoms with E-state index in [-0.39, 0.29) is 11.7 Å². The third kappa shape index (κ3) is 4.34. The summed E-state index contributed by atoms with van der Waals surface area (Å²) in [6.45, 7) is 1.89. The Labute approximate surface area is 128 Å². The van der Waals surface area contributed by atoms with Crippen molar-refractivity contribution in [2.24, 2.45) is 5.84 Å². The van der Waals surface area contributed by atoms with Crippen LogP contribution in [0.2, 0.25) is 0 Å². The number of phenolic OH excluding ortho intramolecular Hbond substituents is 1. The first kappa shape index (κ1) is 15.6. The van der Waals surface area contributed by atoms with Crippen molar-refractivity contribution in [3.63, 3.8) is 0 Å². The Morgan fingerprint density at radius 2 is 1.68 bits per heavy atom. The zero-order chi connectivity index (χ0) is 15.9. The maximum Gasteiger partial charge on any atom is 0.255 e. The molecule has 114 valence electrons. The molecule has 0 atom stereocenters. The van der Waals surface area contributed by atoms with E-state index in [1.807, 2.05) is 19.1 Å². The van der Waals surface area contributed by atoms with Gasteiger partial charge in [0.15, 0.2) is 0 Å². The van der Waals surface area contributed by atoms with Gasteiger partial charge < -0.3 is 15.7 Å². The number of rotatable bonds is 5. The van der Waals surface area contributed by atoms with Crippen LogP contribution in [0.4, 0.5) is 11.4 Å². The molecular formula is C16H19N4O2+. The molecule has 7 N–H and O–H groups in total. The van der Waals surface area contributed by atoms with Crippen molar-refractivity contribution in [2.45, 2.75) is 6.92 Å². The zero-order valence-electron chi connectivity index (χ0n) is 12.2. The molecule has 0 heterocycles. The second-order valence-corrected chi connectivity index (χ2v) is 4.78. The van der Waals surface area contributed by atoms with E-state index >= 15 is 0 Å². The molecule has 0 saturated heterocycles. The Kier molecular flexibility index (Phi) is 5.13. The van der Waals surface area contributed by atoms with Crippen LogP contribution in [0, 0.1) is 0 Å². The Bertz CT molecular complexity index is 664. The van der Waals surface area contributed by atoms with E-state index in [0.29, 0.717) is 11.3 Å². The normalized spacial score (nSPS) is 11.1. The van der Waals surface area contributed by atoms with Crippen molar-refractivity contribution in [2.75, 3.05) is 10.6 Å². The fraction of sp³-hybridized carbons (Fsp3) is 0.0625. The lowest BCUT2D eigenvalue weighted by molar-refractivity contribution is -0.618. The highest BCUT2D eigenvalue weighted by atomic mass is 16.3. The summed E-state index contributed by atoms with van der Waals surface area (Å²) in [5, 5.41) is 15.1. The van der Waals surface area contributed by atoms with Gasteiger partial charge in [-0.25, -0.2) is 5.43 Å². The van der Waals surface area contributed by atoms with Gasteiger partial charge in [0.1, 0.15) is 11.4 Å². The van der Waals surface area contributed by atoms with Crippen molar-refractivity contribution in [3.8, 4) is 5.75 Å². The van der Waals surface area contributed by atoms with Crippen LogP contribution < -0.4 is 21.9 Å². The van der Waals surface area contributed by atoms with Gasteiger partial charge in [0, 0.05) is 23.9 Å². The van der Waals surface area contributed by atoms with Crippen LogP contribution >= 0.6 is 0 Å². The summed E-state index contributed by atoms with van der Waals surface area (Å²) in [6, 6.07) is 13.4. The molecule has 1 amide bonds. The minimum atomic E-state index is -0.228. The SMILES string of the molecule is C/C(=C/Nc1ccc(NC(=O)c2ccc(O)cc2)cc1)[NH2+]N. The quantitative estimate of drug-likeness (QED) is 0.425. The molecule has 0 fully saturated rings. The molecule has 0 radical (unpaired) electrons. The number of hydrogen-bond donors (Lipinski definition) is 5. The van der Waals surface area contributed by atoms with Crippen LogP contribution in [0.5, 0.6) is 5.75 Å². The number of quaternary nitrogens is 1. The monoisotopic (exact) mass is 299 g/mol. The first-order valence-electron chi connectivity index (χ1n) is 6.77. The van der Waals surface area contributed by atoms with E-state index in [1.54, 1.807) is 30.5 Å². The number of hydrogen-bond acceptors (Lipinski definition) is 4. The highest BCUT2D eigenvalue weighted by Crippen LogP contribution is 2.16. The summed E-state index contributed by atoms with van der Waals surface area (Å²) in [4.78, 5) is 12.0. The molecular weight excluding hydrogens is 280 g/mol. The second-order valence-electron chi connectivity index (χ2n) is 4.78. The summed E-state index contributed by atoms with van der Waals surface area (Å²) in [5.74, 6) is 5.29. The molecule has 0 aromatic heterocycles. The Hall–Kier alpha value is -2.83. The van der Waals surface area contributed by atoms with Gasteiger partial charge >= 0.3 is 0 Å². The van der Waals surface area contributed by atoms with Crippen molar-refractivity contribution in [1.29, 1.82) is 0 Å². The fourth-order valence-corrected chi connectivity index (χ4v) is 1.71. The average Bonchev–Trinajstić information content (AvgIpc) is 2.54. The van der Waals surface area contributed by atoms with E-state index < -0.39 is 0 Å². The summed E-state index contributed by atoms with van der Waals surface area (Å²) < 4.78 is 0. The molecule has 2 aromatic rings. The molecule has 0 unspecified atom stereocenters. The van der Waals surface area contributed by atoms with E-state index in [9.17, 15) is 9.90 Å². The predicted molar refractivity (Wildman–Crippen MR) is 86.0 cm³/mol. The fourth-order valence-electron chi connectivity index (χ4n) is 1.71.